The van der Waals surface area contributed by atoms with Crippen LogP contribution >= 0.6 is 0 Å². The summed E-state index contributed by atoms with van der Waals surface area (Å²) in [6, 6.07) is 6.34. The van der Waals surface area contributed by atoms with Gasteiger partial charge in [0.15, 0.2) is 0 Å². The number of halogens is 3. The van der Waals surface area contributed by atoms with Crippen LogP contribution in [-0.2, 0) is 6.54 Å². The van der Waals surface area contributed by atoms with Gasteiger partial charge in [-0.15, -0.1) is 13.2 Å². The highest BCUT2D eigenvalue weighted by Crippen LogP contribution is 2.28. The zero-order chi connectivity index (χ0) is 15.3. The number of nitrogens with two attached hydrogens (primary N) is 1. The van der Waals surface area contributed by atoms with Gasteiger partial charge in [-0.1, -0.05) is 18.2 Å². The summed E-state index contributed by atoms with van der Waals surface area (Å²) < 4.78 is 41.3. The van der Waals surface area contributed by atoms with Crippen molar-refractivity contribution >= 4 is 0 Å². The van der Waals surface area contributed by atoms with Gasteiger partial charge in [0, 0.05) is 18.7 Å². The number of rotatable bonds is 5. The standard InChI is InChI=1S/C15H21F3N2O/c16-15(17,18)21-14-6-2-1-5-13(14)11-20-9-3-4-12(10-20)7-8-19/h1-2,5-6,12H,3-4,7-11,19H2. The number of likely N-dealkylation sites (tertiary alicyclic amines) is 1. The molecular formula is C15H21F3N2O. The van der Waals surface area contributed by atoms with E-state index in [0.717, 1.165) is 32.4 Å². The zero-order valence-corrected chi connectivity index (χ0v) is 11.9. The molecule has 0 radical (unpaired) electrons. The fourth-order valence-corrected chi connectivity index (χ4v) is 2.87. The summed E-state index contributed by atoms with van der Waals surface area (Å²) in [4.78, 5) is 2.18. The lowest BCUT2D eigenvalue weighted by molar-refractivity contribution is -0.275. The normalized spacial score (nSPS) is 20.5. The maximum Gasteiger partial charge on any atom is 0.573 e. The molecule has 0 aliphatic carbocycles. The molecule has 1 aliphatic heterocycles. The SMILES string of the molecule is NCCC1CCCN(Cc2ccccc2OC(F)(F)F)C1. The number of alkyl halides is 3. The van der Waals surface area contributed by atoms with Crippen molar-refractivity contribution in [2.24, 2.45) is 11.7 Å². The van der Waals surface area contributed by atoms with Crippen LogP contribution in [0, 0.1) is 5.92 Å². The molecule has 1 saturated heterocycles. The minimum Gasteiger partial charge on any atom is -0.405 e. The molecule has 0 spiro atoms. The molecule has 2 rings (SSSR count). The van der Waals surface area contributed by atoms with Gasteiger partial charge in [-0.25, -0.2) is 0 Å². The molecule has 21 heavy (non-hydrogen) atoms. The van der Waals surface area contributed by atoms with Crippen molar-refractivity contribution in [2.45, 2.75) is 32.2 Å². The summed E-state index contributed by atoms with van der Waals surface area (Å²) in [7, 11) is 0. The van der Waals surface area contributed by atoms with Crippen molar-refractivity contribution in [3.63, 3.8) is 0 Å². The fraction of sp³-hybridized carbons (Fsp3) is 0.600. The molecule has 1 heterocycles. The van der Waals surface area contributed by atoms with Crippen molar-refractivity contribution in [2.75, 3.05) is 19.6 Å². The molecule has 6 heteroatoms. The number of hydrogen-bond donors (Lipinski definition) is 1. The van der Waals surface area contributed by atoms with E-state index < -0.39 is 6.36 Å². The zero-order valence-electron chi connectivity index (χ0n) is 11.9. The van der Waals surface area contributed by atoms with Gasteiger partial charge in [-0.2, -0.15) is 0 Å². The molecule has 1 atom stereocenters. The van der Waals surface area contributed by atoms with E-state index in [9.17, 15) is 13.2 Å². The number of hydrogen-bond acceptors (Lipinski definition) is 3. The molecule has 1 unspecified atom stereocenters. The monoisotopic (exact) mass is 302 g/mol. The summed E-state index contributed by atoms with van der Waals surface area (Å²) in [5.74, 6) is 0.436. The topological polar surface area (TPSA) is 38.5 Å². The first-order valence-corrected chi connectivity index (χ1v) is 7.24. The number of para-hydroxylation sites is 1. The van der Waals surface area contributed by atoms with Crippen LogP contribution in [0.25, 0.3) is 0 Å². The Morgan fingerprint density at radius 3 is 2.76 bits per heavy atom. The van der Waals surface area contributed by atoms with E-state index in [0.29, 0.717) is 24.6 Å². The molecule has 0 saturated carbocycles. The molecule has 2 N–H and O–H groups in total. The number of piperidine rings is 1. The summed E-state index contributed by atoms with van der Waals surface area (Å²) in [6.07, 6.45) is -1.47. The molecule has 3 nitrogen and oxygen atoms in total. The van der Waals surface area contributed by atoms with Gasteiger partial charge in [0.25, 0.3) is 0 Å². The van der Waals surface area contributed by atoms with Crippen molar-refractivity contribution in [3.8, 4) is 5.75 Å². The largest absolute Gasteiger partial charge is 0.573 e. The minimum atomic E-state index is -4.65. The molecule has 1 aromatic carbocycles. The molecule has 0 aromatic heterocycles. The highest BCUT2D eigenvalue weighted by atomic mass is 19.4. The van der Waals surface area contributed by atoms with E-state index >= 15 is 0 Å². The van der Waals surface area contributed by atoms with E-state index in [1.165, 1.54) is 6.07 Å². The number of benzene rings is 1. The second-order valence-electron chi connectivity index (χ2n) is 5.48. The predicted molar refractivity (Wildman–Crippen MR) is 74.8 cm³/mol. The third kappa shape index (κ3) is 5.21. The lowest BCUT2D eigenvalue weighted by Crippen LogP contribution is -2.35. The van der Waals surface area contributed by atoms with Crippen LogP contribution < -0.4 is 10.5 Å². The van der Waals surface area contributed by atoms with Gasteiger partial charge >= 0.3 is 6.36 Å². The van der Waals surface area contributed by atoms with E-state index in [2.05, 4.69) is 9.64 Å². The summed E-state index contributed by atoms with van der Waals surface area (Å²) >= 11 is 0. The first-order chi connectivity index (χ1) is 9.98. The second-order valence-corrected chi connectivity index (χ2v) is 5.48. The summed E-state index contributed by atoms with van der Waals surface area (Å²) in [5.41, 5.74) is 6.16. The van der Waals surface area contributed by atoms with Crippen molar-refractivity contribution in [1.82, 2.24) is 4.90 Å². The highest BCUT2D eigenvalue weighted by Gasteiger charge is 2.32. The Labute approximate surface area is 122 Å². The van der Waals surface area contributed by atoms with E-state index in [4.69, 9.17) is 5.73 Å². The molecule has 118 valence electrons. The van der Waals surface area contributed by atoms with Gasteiger partial charge in [-0.05, 0) is 44.3 Å². The van der Waals surface area contributed by atoms with Crippen LogP contribution in [-0.4, -0.2) is 30.9 Å². The van der Waals surface area contributed by atoms with Crippen molar-refractivity contribution in [1.29, 1.82) is 0 Å². The molecule has 1 fully saturated rings. The predicted octanol–water partition coefficient (Wildman–Crippen LogP) is 3.15. The lowest BCUT2D eigenvalue weighted by atomic mass is 9.94. The Balaban J connectivity index is 2.02. The Hall–Kier alpha value is -1.27. The van der Waals surface area contributed by atoms with Crippen LogP contribution in [0.3, 0.4) is 0 Å². The first-order valence-electron chi connectivity index (χ1n) is 7.24. The van der Waals surface area contributed by atoms with Crippen LogP contribution in [0.2, 0.25) is 0 Å². The fourth-order valence-electron chi connectivity index (χ4n) is 2.87. The van der Waals surface area contributed by atoms with Gasteiger partial charge in [0.2, 0.25) is 0 Å². The minimum absolute atomic E-state index is 0.106. The smallest absolute Gasteiger partial charge is 0.405 e. The van der Waals surface area contributed by atoms with Gasteiger partial charge < -0.3 is 10.5 Å². The van der Waals surface area contributed by atoms with E-state index in [1.54, 1.807) is 18.2 Å². The third-order valence-electron chi connectivity index (χ3n) is 3.77. The maximum absolute atomic E-state index is 12.4. The maximum atomic E-state index is 12.4. The Morgan fingerprint density at radius 1 is 1.29 bits per heavy atom. The molecule has 0 bridgehead atoms. The Kier molecular flexibility index (Phi) is 5.47. The first kappa shape index (κ1) is 16.1. The summed E-state index contributed by atoms with van der Waals surface area (Å²) in [5, 5.41) is 0. The van der Waals surface area contributed by atoms with Crippen molar-refractivity contribution in [3.05, 3.63) is 29.8 Å². The average molecular weight is 302 g/mol. The van der Waals surface area contributed by atoms with E-state index in [-0.39, 0.29) is 5.75 Å². The highest BCUT2D eigenvalue weighted by molar-refractivity contribution is 5.33. The summed E-state index contributed by atoms with van der Waals surface area (Å²) in [6.45, 7) is 2.93. The molecular weight excluding hydrogens is 281 g/mol. The van der Waals surface area contributed by atoms with Crippen LogP contribution in [0.1, 0.15) is 24.8 Å². The number of ether oxygens (including phenoxy) is 1. The lowest BCUT2D eigenvalue weighted by Gasteiger charge is -2.33. The Morgan fingerprint density at radius 2 is 2.05 bits per heavy atom. The van der Waals surface area contributed by atoms with Crippen LogP contribution in [0.4, 0.5) is 13.2 Å². The van der Waals surface area contributed by atoms with Crippen molar-refractivity contribution < 1.29 is 17.9 Å². The van der Waals surface area contributed by atoms with Gasteiger partial charge in [-0.3, -0.25) is 4.90 Å². The van der Waals surface area contributed by atoms with E-state index in [1.807, 2.05) is 0 Å². The molecule has 1 aromatic rings. The average Bonchev–Trinajstić information content (AvgIpc) is 2.40. The second kappa shape index (κ2) is 7.13. The molecule has 1 aliphatic rings. The number of nitrogens with zero attached hydrogens (tertiary/aromatic N) is 1. The van der Waals surface area contributed by atoms with Gasteiger partial charge in [0.1, 0.15) is 5.75 Å². The Bertz CT molecular complexity index is 449. The van der Waals surface area contributed by atoms with Crippen LogP contribution in [0.5, 0.6) is 5.75 Å². The quantitative estimate of drug-likeness (QED) is 0.908. The molecule has 0 amide bonds. The third-order valence-corrected chi connectivity index (χ3v) is 3.77. The van der Waals surface area contributed by atoms with Gasteiger partial charge in [0.05, 0.1) is 0 Å². The van der Waals surface area contributed by atoms with Crippen LogP contribution in [0.15, 0.2) is 24.3 Å².